The maximum atomic E-state index is 9.22. The Morgan fingerprint density at radius 2 is 2.08 bits per heavy atom. The molecule has 1 aliphatic heterocycles. The molecule has 0 saturated heterocycles. The van der Waals surface area contributed by atoms with Gasteiger partial charge < -0.3 is 4.55 Å². The maximum absolute atomic E-state index is 9.22. The van der Waals surface area contributed by atoms with Crippen LogP contribution in [0.4, 0.5) is 0 Å². The van der Waals surface area contributed by atoms with Gasteiger partial charge >= 0.3 is 0 Å². The molecule has 1 aliphatic rings. The molecule has 0 aromatic carbocycles. The number of hydrogen-bond acceptors (Lipinski definition) is 5. The molecule has 70 valence electrons. The number of nitrogens with zero attached hydrogens (tertiary/aromatic N) is 1. The predicted octanol–water partition coefficient (Wildman–Crippen LogP) is -1.89. The van der Waals surface area contributed by atoms with Crippen molar-refractivity contribution in [3.63, 3.8) is 0 Å². The number of quaternary nitrogens is 1. The predicted molar refractivity (Wildman–Crippen MR) is 41.2 cm³/mol. The number of hydrogen-bond donors (Lipinski definition) is 1. The van der Waals surface area contributed by atoms with Gasteiger partial charge in [-0.25, -0.2) is 13.4 Å². The Labute approximate surface area is 71.1 Å². The number of nitrogens with one attached hydrogen (secondary N) is 1. The van der Waals surface area contributed by atoms with Crippen molar-refractivity contribution in [2.24, 2.45) is 4.99 Å². The van der Waals surface area contributed by atoms with Crippen LogP contribution in [0.2, 0.25) is 0 Å². The number of aliphatic imine (C=N–C) groups is 1. The SMILES string of the molecule is COS(=O)(=O)[O-].C[NH+]1C=CN=C1. The first kappa shape index (κ1) is 11.2. The van der Waals surface area contributed by atoms with E-state index in [1.165, 1.54) is 4.90 Å². The zero-order valence-electron chi connectivity index (χ0n) is 6.72. The molecule has 1 unspecified atom stereocenters. The average Bonchev–Trinajstić information content (AvgIpc) is 2.39. The van der Waals surface area contributed by atoms with Gasteiger partial charge in [0.1, 0.15) is 6.20 Å². The zero-order chi connectivity index (χ0) is 9.61. The molecule has 0 saturated carbocycles. The van der Waals surface area contributed by atoms with E-state index in [0.717, 1.165) is 7.11 Å². The van der Waals surface area contributed by atoms with Gasteiger partial charge in [0.15, 0.2) is 6.34 Å². The highest BCUT2D eigenvalue weighted by atomic mass is 32.3. The molecule has 0 fully saturated rings. The topological polar surface area (TPSA) is 83.2 Å². The van der Waals surface area contributed by atoms with Gasteiger partial charge in [-0.2, -0.15) is 0 Å². The van der Waals surface area contributed by atoms with Crippen LogP contribution in [0.3, 0.4) is 0 Å². The van der Waals surface area contributed by atoms with Crippen LogP contribution in [-0.4, -0.2) is 33.5 Å². The molecule has 1 N–H and O–H groups in total. The molecule has 1 atom stereocenters. The summed E-state index contributed by atoms with van der Waals surface area (Å²) in [5, 5.41) is 0. The minimum atomic E-state index is -4.41. The normalized spacial score (nSPS) is 20.4. The van der Waals surface area contributed by atoms with Crippen LogP contribution in [0, 0.1) is 0 Å². The van der Waals surface area contributed by atoms with E-state index in [2.05, 4.69) is 9.18 Å². The van der Waals surface area contributed by atoms with Crippen LogP contribution in [0.5, 0.6) is 0 Å². The molecular weight excluding hydrogens is 184 g/mol. The molecule has 7 heteroatoms. The van der Waals surface area contributed by atoms with Gasteiger partial charge in [0.25, 0.3) is 0 Å². The molecule has 0 aromatic heterocycles. The van der Waals surface area contributed by atoms with Gasteiger partial charge in [0.05, 0.1) is 20.4 Å². The fourth-order valence-corrected chi connectivity index (χ4v) is 0.364. The molecule has 0 radical (unpaired) electrons. The van der Waals surface area contributed by atoms with Crippen LogP contribution in [0.1, 0.15) is 0 Å². The van der Waals surface area contributed by atoms with Gasteiger partial charge in [-0.3, -0.25) is 9.08 Å². The van der Waals surface area contributed by atoms with Crippen LogP contribution in [0.15, 0.2) is 17.4 Å². The largest absolute Gasteiger partial charge is 0.726 e. The second-order valence-corrected chi connectivity index (χ2v) is 3.06. The highest BCUT2D eigenvalue weighted by Crippen LogP contribution is 1.74. The summed E-state index contributed by atoms with van der Waals surface area (Å²) in [4.78, 5) is 5.05. The van der Waals surface area contributed by atoms with Crippen LogP contribution >= 0.6 is 0 Å². The first-order valence-corrected chi connectivity index (χ1v) is 4.34. The van der Waals surface area contributed by atoms with Gasteiger partial charge in [-0.05, 0) is 0 Å². The quantitative estimate of drug-likeness (QED) is 0.390. The summed E-state index contributed by atoms with van der Waals surface area (Å²) < 4.78 is 31.0. The van der Waals surface area contributed by atoms with Crippen molar-refractivity contribution < 1.29 is 22.1 Å². The monoisotopic (exact) mass is 194 g/mol. The van der Waals surface area contributed by atoms with Gasteiger partial charge in [-0.15, -0.1) is 0 Å². The smallest absolute Gasteiger partial charge is 0.217 e. The third-order valence-electron chi connectivity index (χ3n) is 0.906. The van der Waals surface area contributed by atoms with Gasteiger partial charge in [0, 0.05) is 0 Å². The average molecular weight is 194 g/mol. The highest BCUT2D eigenvalue weighted by molar-refractivity contribution is 7.80. The molecule has 0 bridgehead atoms. The second-order valence-electron chi connectivity index (χ2n) is 1.91. The van der Waals surface area contributed by atoms with E-state index in [-0.39, 0.29) is 0 Å². The van der Waals surface area contributed by atoms with Gasteiger partial charge in [-0.1, -0.05) is 0 Å². The first-order chi connectivity index (χ1) is 5.45. The number of rotatable bonds is 1. The van der Waals surface area contributed by atoms with E-state index in [0.29, 0.717) is 0 Å². The maximum Gasteiger partial charge on any atom is 0.217 e. The molecule has 1 heterocycles. The minimum absolute atomic E-state index is 0.808. The molecule has 0 aromatic rings. The summed E-state index contributed by atoms with van der Waals surface area (Å²) in [5.74, 6) is 0. The lowest BCUT2D eigenvalue weighted by Crippen LogP contribution is -3.01. The first-order valence-electron chi connectivity index (χ1n) is 3.00. The van der Waals surface area contributed by atoms with Crippen molar-refractivity contribution in [3.8, 4) is 0 Å². The lowest BCUT2D eigenvalue weighted by Gasteiger charge is -1.98. The van der Waals surface area contributed by atoms with Crippen LogP contribution < -0.4 is 4.90 Å². The van der Waals surface area contributed by atoms with Crippen molar-refractivity contribution in [3.05, 3.63) is 12.4 Å². The van der Waals surface area contributed by atoms with E-state index in [4.69, 9.17) is 0 Å². The summed E-state index contributed by atoms with van der Waals surface area (Å²) in [6, 6.07) is 0. The third kappa shape index (κ3) is 7.35. The van der Waals surface area contributed by atoms with E-state index < -0.39 is 10.4 Å². The Morgan fingerprint density at radius 3 is 2.17 bits per heavy atom. The minimum Gasteiger partial charge on any atom is -0.726 e. The zero-order valence-corrected chi connectivity index (χ0v) is 7.54. The molecule has 1 rings (SSSR count). The standard InChI is InChI=1S/C4H6N2.CH4O4S/c1-6-3-2-5-4-6;1-5-6(2,3)4/h2-4H,1H3;1H3,(H,2,3,4). The van der Waals surface area contributed by atoms with E-state index in [1.54, 1.807) is 6.20 Å². The molecule has 0 aliphatic carbocycles. The molecule has 6 nitrogen and oxygen atoms in total. The summed E-state index contributed by atoms with van der Waals surface area (Å²) in [7, 11) is -1.58. The third-order valence-corrected chi connectivity index (χ3v) is 1.31. The fourth-order valence-electron chi connectivity index (χ4n) is 0.364. The molecule has 0 spiro atoms. The van der Waals surface area contributed by atoms with Crippen molar-refractivity contribution in [1.82, 2.24) is 0 Å². The second kappa shape index (κ2) is 4.99. The Bertz CT molecular complexity index is 257. The van der Waals surface area contributed by atoms with E-state index in [1.807, 2.05) is 19.6 Å². The Hall–Kier alpha value is -0.760. The lowest BCUT2D eigenvalue weighted by molar-refractivity contribution is -0.709. The van der Waals surface area contributed by atoms with Gasteiger partial charge in [0.2, 0.25) is 10.4 Å². The fraction of sp³-hybridized carbons (Fsp3) is 0.400. The highest BCUT2D eigenvalue weighted by Gasteiger charge is 1.91. The van der Waals surface area contributed by atoms with Crippen molar-refractivity contribution in [2.75, 3.05) is 14.2 Å². The Kier molecular flexibility index (Phi) is 4.67. The van der Waals surface area contributed by atoms with Crippen LogP contribution in [-0.2, 0) is 14.6 Å². The molecule has 12 heavy (non-hydrogen) atoms. The summed E-state index contributed by atoms with van der Waals surface area (Å²) in [5.41, 5.74) is 0. The summed E-state index contributed by atoms with van der Waals surface area (Å²) in [6.07, 6.45) is 5.59. The van der Waals surface area contributed by atoms with Crippen molar-refractivity contribution in [2.45, 2.75) is 0 Å². The summed E-state index contributed by atoms with van der Waals surface area (Å²) >= 11 is 0. The molecular formula is C5H10N2O4S. The van der Waals surface area contributed by atoms with E-state index >= 15 is 0 Å². The summed E-state index contributed by atoms with van der Waals surface area (Å²) in [6.45, 7) is 0. The Balaban J connectivity index is 0.000000202. The molecule has 0 amide bonds. The van der Waals surface area contributed by atoms with Crippen LogP contribution in [0.25, 0.3) is 0 Å². The van der Waals surface area contributed by atoms with Crippen molar-refractivity contribution >= 4 is 16.7 Å². The Morgan fingerprint density at radius 1 is 1.58 bits per heavy atom. The lowest BCUT2D eigenvalue weighted by atomic mass is 10.9. The van der Waals surface area contributed by atoms with E-state index in [9.17, 15) is 13.0 Å². The van der Waals surface area contributed by atoms with Crippen molar-refractivity contribution in [1.29, 1.82) is 0 Å².